The zero-order chi connectivity index (χ0) is 45.0. The van der Waals surface area contributed by atoms with E-state index in [2.05, 4.69) is 246 Å². The Kier molecular flexibility index (Phi) is 9.43. The lowest BCUT2D eigenvalue weighted by Crippen LogP contribution is -2.06. The fourth-order valence-electron chi connectivity index (χ4n) is 10.0. The maximum Gasteiger partial charge on any atom is 0.238 e. The minimum atomic E-state index is 0.556. The molecule has 0 radical (unpaired) electrons. The van der Waals surface area contributed by atoms with E-state index in [-0.39, 0.29) is 0 Å². The SMILES string of the molecule is c1ccc(-c2ccc(-c3nc(-c4ccc(-c5ccccc5)cc4)nc(-n4c5ccccc5c5cc6c(cc54)c4ccccc4n6-c4cccc(-c5ccccc5)c4-c4ccccc4)n3)cc2)cc1. The summed E-state index contributed by atoms with van der Waals surface area (Å²) in [6.45, 7) is 0. The molecule has 0 aliphatic carbocycles. The molecule has 0 amide bonds. The summed E-state index contributed by atoms with van der Waals surface area (Å²) in [6, 6.07) is 88.2. The van der Waals surface area contributed by atoms with Crippen molar-refractivity contribution < 1.29 is 0 Å². The molecule has 68 heavy (non-hydrogen) atoms. The summed E-state index contributed by atoms with van der Waals surface area (Å²) < 4.78 is 4.69. The van der Waals surface area contributed by atoms with Crippen LogP contribution in [0.15, 0.2) is 249 Å². The standard InChI is InChI=1S/C63H41N5/c1-5-18-42(19-6-1)44-32-36-48(37-33-44)61-64-62(49-38-34-45(35-39-49)43-20-7-2-8-21-43)66-63(65-61)68-56-30-16-14-27-52(56)54-40-58-53(41-59(54)68)51-26-13-15-29-55(51)67(58)57-31-17-28-50(46-22-9-3-10-23-46)60(57)47-24-11-4-12-25-47/h1-41H. The van der Waals surface area contributed by atoms with Crippen molar-refractivity contribution in [1.29, 1.82) is 0 Å². The number of benzene rings is 10. The predicted molar refractivity (Wildman–Crippen MR) is 281 cm³/mol. The number of rotatable bonds is 8. The van der Waals surface area contributed by atoms with Gasteiger partial charge in [0, 0.05) is 38.2 Å². The van der Waals surface area contributed by atoms with Crippen LogP contribution in [0.25, 0.3) is 123 Å². The number of nitrogens with zero attached hydrogens (tertiary/aromatic N) is 5. The maximum absolute atomic E-state index is 5.35. The molecular weight excluding hydrogens is 827 g/mol. The maximum atomic E-state index is 5.35. The zero-order valence-corrected chi connectivity index (χ0v) is 36.9. The van der Waals surface area contributed by atoms with Crippen molar-refractivity contribution in [3.05, 3.63) is 249 Å². The van der Waals surface area contributed by atoms with Gasteiger partial charge in [0.05, 0.1) is 27.8 Å². The lowest BCUT2D eigenvalue weighted by atomic mass is 9.93. The molecule has 0 fully saturated rings. The van der Waals surface area contributed by atoms with Gasteiger partial charge in [0.15, 0.2) is 11.6 Å². The number of fused-ring (bicyclic) bond motifs is 6. The highest BCUT2D eigenvalue weighted by molar-refractivity contribution is 6.19. The van der Waals surface area contributed by atoms with Crippen molar-refractivity contribution in [3.63, 3.8) is 0 Å². The van der Waals surface area contributed by atoms with Crippen LogP contribution in [0.2, 0.25) is 0 Å². The van der Waals surface area contributed by atoms with Gasteiger partial charge in [-0.25, -0.2) is 4.98 Å². The lowest BCUT2D eigenvalue weighted by Gasteiger charge is -2.18. The highest BCUT2D eigenvalue weighted by Crippen LogP contribution is 2.44. The molecule has 0 saturated carbocycles. The van der Waals surface area contributed by atoms with Gasteiger partial charge in [-0.2, -0.15) is 9.97 Å². The quantitative estimate of drug-likeness (QED) is 0.153. The van der Waals surface area contributed by atoms with Crippen molar-refractivity contribution in [2.24, 2.45) is 0 Å². The molecule has 5 heteroatoms. The van der Waals surface area contributed by atoms with Crippen molar-refractivity contribution >= 4 is 43.6 Å². The molecular formula is C63H41N5. The van der Waals surface area contributed by atoms with Gasteiger partial charge < -0.3 is 4.57 Å². The molecule has 0 saturated heterocycles. The number of hydrogen-bond donors (Lipinski definition) is 0. The Morgan fingerprint density at radius 3 is 1.16 bits per heavy atom. The topological polar surface area (TPSA) is 48.5 Å². The van der Waals surface area contributed by atoms with Gasteiger partial charge in [-0.05, 0) is 69.3 Å². The molecule has 3 aromatic heterocycles. The van der Waals surface area contributed by atoms with Crippen LogP contribution < -0.4 is 0 Å². The molecule has 0 bridgehead atoms. The molecule has 0 aliphatic heterocycles. The summed E-state index contributed by atoms with van der Waals surface area (Å²) in [7, 11) is 0. The molecule has 0 unspecified atom stereocenters. The first kappa shape index (κ1) is 39.2. The van der Waals surface area contributed by atoms with E-state index in [1.54, 1.807) is 0 Å². The summed E-state index contributed by atoms with van der Waals surface area (Å²) in [5.74, 6) is 1.76. The molecule has 13 rings (SSSR count). The molecule has 318 valence electrons. The van der Waals surface area contributed by atoms with E-state index < -0.39 is 0 Å². The van der Waals surface area contributed by atoms with Crippen LogP contribution in [0.5, 0.6) is 0 Å². The second kappa shape index (κ2) is 16.4. The smallest absolute Gasteiger partial charge is 0.238 e. The third kappa shape index (κ3) is 6.68. The fraction of sp³-hybridized carbons (Fsp3) is 0. The molecule has 10 aromatic carbocycles. The molecule has 5 nitrogen and oxygen atoms in total. The second-order valence-electron chi connectivity index (χ2n) is 17.2. The summed E-state index contributed by atoms with van der Waals surface area (Å²) in [5, 5.41) is 4.54. The third-order valence-corrected chi connectivity index (χ3v) is 13.2. The fourth-order valence-corrected chi connectivity index (χ4v) is 10.0. The monoisotopic (exact) mass is 867 g/mol. The first-order chi connectivity index (χ1) is 33.7. The summed E-state index contributed by atoms with van der Waals surface area (Å²) >= 11 is 0. The summed E-state index contributed by atoms with van der Waals surface area (Å²) in [5.41, 5.74) is 16.5. The predicted octanol–water partition coefficient (Wildman–Crippen LogP) is 16.1. The van der Waals surface area contributed by atoms with Crippen LogP contribution in [-0.4, -0.2) is 24.1 Å². The number of aromatic nitrogens is 5. The van der Waals surface area contributed by atoms with Crippen molar-refractivity contribution in [2.75, 3.05) is 0 Å². The largest absolute Gasteiger partial charge is 0.309 e. The second-order valence-corrected chi connectivity index (χ2v) is 17.2. The van der Waals surface area contributed by atoms with Crippen LogP contribution in [0.3, 0.4) is 0 Å². The van der Waals surface area contributed by atoms with Crippen molar-refractivity contribution in [1.82, 2.24) is 24.1 Å². The Bertz CT molecular complexity index is 3870. The van der Waals surface area contributed by atoms with E-state index in [0.717, 1.165) is 82.9 Å². The van der Waals surface area contributed by atoms with Gasteiger partial charge in [0.2, 0.25) is 5.95 Å². The van der Waals surface area contributed by atoms with Crippen LogP contribution in [0.4, 0.5) is 0 Å². The Balaban J connectivity index is 1.05. The average molecular weight is 868 g/mol. The van der Waals surface area contributed by atoms with E-state index >= 15 is 0 Å². The Morgan fingerprint density at radius 1 is 0.250 bits per heavy atom. The molecule has 0 aliphatic rings. The highest BCUT2D eigenvalue weighted by atomic mass is 15.2. The zero-order valence-electron chi connectivity index (χ0n) is 36.9. The van der Waals surface area contributed by atoms with E-state index in [9.17, 15) is 0 Å². The van der Waals surface area contributed by atoms with Crippen LogP contribution in [-0.2, 0) is 0 Å². The van der Waals surface area contributed by atoms with E-state index in [0.29, 0.717) is 17.6 Å². The van der Waals surface area contributed by atoms with Crippen molar-refractivity contribution in [3.8, 4) is 78.9 Å². The highest BCUT2D eigenvalue weighted by Gasteiger charge is 2.23. The minimum absolute atomic E-state index is 0.556. The van der Waals surface area contributed by atoms with E-state index in [1.165, 1.54) is 22.1 Å². The van der Waals surface area contributed by atoms with E-state index in [1.807, 2.05) is 12.1 Å². The van der Waals surface area contributed by atoms with Crippen molar-refractivity contribution in [2.45, 2.75) is 0 Å². The first-order valence-electron chi connectivity index (χ1n) is 23.0. The molecule has 0 N–H and O–H groups in total. The number of para-hydroxylation sites is 2. The Labute approximate surface area is 393 Å². The first-order valence-corrected chi connectivity index (χ1v) is 23.0. The summed E-state index contributed by atoms with van der Waals surface area (Å²) in [4.78, 5) is 15.9. The number of hydrogen-bond acceptors (Lipinski definition) is 3. The average Bonchev–Trinajstić information content (AvgIpc) is 3.92. The Morgan fingerprint density at radius 2 is 0.647 bits per heavy atom. The van der Waals surface area contributed by atoms with Gasteiger partial charge >= 0.3 is 0 Å². The van der Waals surface area contributed by atoms with Gasteiger partial charge in [0.25, 0.3) is 0 Å². The van der Waals surface area contributed by atoms with E-state index in [4.69, 9.17) is 15.0 Å². The van der Waals surface area contributed by atoms with Gasteiger partial charge in [-0.3, -0.25) is 4.57 Å². The summed E-state index contributed by atoms with van der Waals surface area (Å²) in [6.07, 6.45) is 0. The molecule has 0 spiro atoms. The normalized spacial score (nSPS) is 11.5. The lowest BCUT2D eigenvalue weighted by molar-refractivity contribution is 0.954. The van der Waals surface area contributed by atoms with Crippen LogP contribution in [0, 0.1) is 0 Å². The molecule has 3 heterocycles. The molecule has 0 atom stereocenters. The van der Waals surface area contributed by atoms with Gasteiger partial charge in [-0.15, -0.1) is 0 Å². The third-order valence-electron chi connectivity index (χ3n) is 13.2. The van der Waals surface area contributed by atoms with Gasteiger partial charge in [-0.1, -0.05) is 218 Å². The minimum Gasteiger partial charge on any atom is -0.309 e. The van der Waals surface area contributed by atoms with Gasteiger partial charge in [0.1, 0.15) is 0 Å². The molecule has 13 aromatic rings. The van der Waals surface area contributed by atoms with Crippen LogP contribution >= 0.6 is 0 Å². The Hall–Kier alpha value is -9.19. The van der Waals surface area contributed by atoms with Crippen LogP contribution in [0.1, 0.15) is 0 Å².